The molecule has 1 heteroatoms. The molecule has 0 aliphatic rings. The smallest absolute Gasteiger partial charge is 0.0470 e. The Morgan fingerprint density at radius 1 is 1.15 bits per heavy atom. The lowest BCUT2D eigenvalue weighted by atomic mass is 10.0. The maximum atomic E-state index is 6.26. The Hall–Kier alpha value is -0.490. The van der Waals surface area contributed by atoms with E-state index in [0.717, 1.165) is 24.3 Å². The number of aryl methyl sites for hydroxylation is 3. The highest BCUT2D eigenvalue weighted by Crippen LogP contribution is 2.24. The van der Waals surface area contributed by atoms with Gasteiger partial charge in [0, 0.05) is 5.02 Å². The molecule has 0 bridgehead atoms. The van der Waals surface area contributed by atoms with Gasteiger partial charge in [-0.3, -0.25) is 0 Å². The van der Waals surface area contributed by atoms with Gasteiger partial charge in [0.05, 0.1) is 0 Å². The number of hydrogen-bond acceptors (Lipinski definition) is 0. The lowest BCUT2D eigenvalue weighted by molar-refractivity contribution is 0.915. The van der Waals surface area contributed by atoms with Crippen LogP contribution in [0.15, 0.2) is 12.1 Å². The van der Waals surface area contributed by atoms with Gasteiger partial charge in [-0.25, -0.2) is 0 Å². The quantitative estimate of drug-likeness (QED) is 0.681. The molecule has 0 amide bonds. The van der Waals surface area contributed by atoms with Gasteiger partial charge in [0.2, 0.25) is 0 Å². The molecule has 0 radical (unpaired) electrons. The fraction of sp³-hybridized carbons (Fsp3) is 0.500. The van der Waals surface area contributed by atoms with E-state index in [1.54, 1.807) is 0 Å². The Labute approximate surface area is 85.9 Å². The highest BCUT2D eigenvalue weighted by atomic mass is 35.5. The van der Waals surface area contributed by atoms with Crippen molar-refractivity contribution in [2.75, 3.05) is 0 Å². The van der Waals surface area contributed by atoms with Crippen LogP contribution in [-0.4, -0.2) is 0 Å². The SMILES string of the molecule is CCCc1cc(C)cc(CC)c1Cl. The van der Waals surface area contributed by atoms with Gasteiger partial charge in [-0.05, 0) is 30.9 Å². The Bertz CT molecular complexity index is 289. The molecule has 0 atom stereocenters. The summed E-state index contributed by atoms with van der Waals surface area (Å²) in [7, 11) is 0. The summed E-state index contributed by atoms with van der Waals surface area (Å²) >= 11 is 6.26. The molecule has 0 heterocycles. The third kappa shape index (κ3) is 2.47. The molecule has 1 aromatic rings. The van der Waals surface area contributed by atoms with Crippen molar-refractivity contribution < 1.29 is 0 Å². The Balaban J connectivity index is 3.11. The predicted molar refractivity (Wildman–Crippen MR) is 59.6 cm³/mol. The molecule has 0 fully saturated rings. The summed E-state index contributed by atoms with van der Waals surface area (Å²) < 4.78 is 0. The second-order valence-corrected chi connectivity index (χ2v) is 3.88. The van der Waals surface area contributed by atoms with Crippen molar-refractivity contribution in [1.82, 2.24) is 0 Å². The Kier molecular flexibility index (Phi) is 3.80. The van der Waals surface area contributed by atoms with Crippen LogP contribution < -0.4 is 0 Å². The van der Waals surface area contributed by atoms with Crippen LogP contribution in [0.4, 0.5) is 0 Å². The van der Waals surface area contributed by atoms with Crippen molar-refractivity contribution in [3.8, 4) is 0 Å². The fourth-order valence-corrected chi connectivity index (χ4v) is 1.97. The molecule has 0 aliphatic heterocycles. The van der Waals surface area contributed by atoms with E-state index < -0.39 is 0 Å². The largest absolute Gasteiger partial charge is 0.0837 e. The van der Waals surface area contributed by atoms with E-state index in [9.17, 15) is 0 Å². The first-order valence-electron chi connectivity index (χ1n) is 4.97. The summed E-state index contributed by atoms with van der Waals surface area (Å²) in [5, 5.41) is 0.981. The van der Waals surface area contributed by atoms with Gasteiger partial charge in [0.25, 0.3) is 0 Å². The molecule has 0 nitrogen and oxygen atoms in total. The summed E-state index contributed by atoms with van der Waals surface area (Å²) in [6.07, 6.45) is 3.27. The molecule has 0 aromatic heterocycles. The van der Waals surface area contributed by atoms with Crippen LogP contribution in [0.3, 0.4) is 0 Å². The number of hydrogen-bond donors (Lipinski definition) is 0. The second-order valence-electron chi connectivity index (χ2n) is 3.50. The van der Waals surface area contributed by atoms with Crippen LogP contribution in [0.5, 0.6) is 0 Å². The standard InChI is InChI=1S/C12H17Cl/c1-4-6-11-8-9(3)7-10(5-2)12(11)13/h7-8H,4-6H2,1-3H3. The average molecular weight is 197 g/mol. The van der Waals surface area contributed by atoms with Gasteiger partial charge in [0.15, 0.2) is 0 Å². The van der Waals surface area contributed by atoms with E-state index in [4.69, 9.17) is 11.6 Å². The average Bonchev–Trinajstić information content (AvgIpc) is 2.11. The zero-order chi connectivity index (χ0) is 9.84. The Morgan fingerprint density at radius 3 is 2.31 bits per heavy atom. The zero-order valence-corrected chi connectivity index (χ0v) is 9.41. The molecule has 0 saturated carbocycles. The molecule has 0 N–H and O–H groups in total. The monoisotopic (exact) mass is 196 g/mol. The fourth-order valence-electron chi connectivity index (χ4n) is 1.63. The first-order valence-corrected chi connectivity index (χ1v) is 5.34. The van der Waals surface area contributed by atoms with Gasteiger partial charge >= 0.3 is 0 Å². The van der Waals surface area contributed by atoms with Gasteiger partial charge in [-0.15, -0.1) is 0 Å². The van der Waals surface area contributed by atoms with Crippen LogP contribution >= 0.6 is 11.6 Å². The third-order valence-electron chi connectivity index (χ3n) is 2.27. The third-order valence-corrected chi connectivity index (χ3v) is 2.75. The molecule has 0 unspecified atom stereocenters. The van der Waals surface area contributed by atoms with Crippen molar-refractivity contribution in [2.45, 2.75) is 40.0 Å². The minimum atomic E-state index is 0.981. The minimum Gasteiger partial charge on any atom is -0.0837 e. The van der Waals surface area contributed by atoms with Crippen LogP contribution in [0.1, 0.15) is 37.0 Å². The maximum absolute atomic E-state index is 6.26. The predicted octanol–water partition coefficient (Wildman–Crippen LogP) is 4.16. The summed E-state index contributed by atoms with van der Waals surface area (Å²) in [4.78, 5) is 0. The first kappa shape index (κ1) is 10.6. The van der Waals surface area contributed by atoms with Crippen LogP contribution in [0.2, 0.25) is 5.02 Å². The zero-order valence-electron chi connectivity index (χ0n) is 8.65. The maximum Gasteiger partial charge on any atom is 0.0470 e. The summed E-state index contributed by atoms with van der Waals surface area (Å²) in [6.45, 7) is 6.47. The summed E-state index contributed by atoms with van der Waals surface area (Å²) in [5.41, 5.74) is 3.91. The van der Waals surface area contributed by atoms with Crippen molar-refractivity contribution in [1.29, 1.82) is 0 Å². The van der Waals surface area contributed by atoms with E-state index >= 15 is 0 Å². The minimum absolute atomic E-state index is 0.981. The lowest BCUT2D eigenvalue weighted by Gasteiger charge is -2.09. The van der Waals surface area contributed by atoms with Gasteiger partial charge in [0.1, 0.15) is 0 Å². The topological polar surface area (TPSA) is 0 Å². The molecule has 0 saturated heterocycles. The van der Waals surface area contributed by atoms with Gasteiger partial charge < -0.3 is 0 Å². The molecular weight excluding hydrogens is 180 g/mol. The van der Waals surface area contributed by atoms with Crippen molar-refractivity contribution in [2.24, 2.45) is 0 Å². The highest BCUT2D eigenvalue weighted by Gasteiger charge is 2.05. The number of halogens is 1. The van der Waals surface area contributed by atoms with Crippen molar-refractivity contribution in [3.63, 3.8) is 0 Å². The highest BCUT2D eigenvalue weighted by molar-refractivity contribution is 6.32. The van der Waals surface area contributed by atoms with Gasteiger partial charge in [-0.1, -0.05) is 49.6 Å². The molecular formula is C12H17Cl. The van der Waals surface area contributed by atoms with E-state index in [-0.39, 0.29) is 0 Å². The van der Waals surface area contributed by atoms with E-state index in [1.807, 2.05) is 0 Å². The van der Waals surface area contributed by atoms with Gasteiger partial charge in [-0.2, -0.15) is 0 Å². The first-order chi connectivity index (χ1) is 6.19. The molecule has 0 spiro atoms. The Morgan fingerprint density at radius 2 is 1.77 bits per heavy atom. The molecule has 72 valence electrons. The molecule has 1 rings (SSSR count). The van der Waals surface area contributed by atoms with E-state index in [1.165, 1.54) is 16.7 Å². The number of rotatable bonds is 3. The van der Waals surface area contributed by atoms with E-state index in [0.29, 0.717) is 0 Å². The lowest BCUT2D eigenvalue weighted by Crippen LogP contribution is -1.92. The molecule has 1 aromatic carbocycles. The number of benzene rings is 1. The van der Waals surface area contributed by atoms with Crippen LogP contribution in [0, 0.1) is 6.92 Å². The normalized spacial score (nSPS) is 10.5. The van der Waals surface area contributed by atoms with E-state index in [2.05, 4.69) is 32.9 Å². The van der Waals surface area contributed by atoms with Crippen LogP contribution in [-0.2, 0) is 12.8 Å². The van der Waals surface area contributed by atoms with Crippen LogP contribution in [0.25, 0.3) is 0 Å². The summed E-state index contributed by atoms with van der Waals surface area (Å²) in [6, 6.07) is 4.38. The van der Waals surface area contributed by atoms with Crippen molar-refractivity contribution in [3.05, 3.63) is 33.8 Å². The van der Waals surface area contributed by atoms with Crippen molar-refractivity contribution >= 4 is 11.6 Å². The summed E-state index contributed by atoms with van der Waals surface area (Å²) in [5.74, 6) is 0. The second kappa shape index (κ2) is 4.66. The molecule has 13 heavy (non-hydrogen) atoms. The molecule has 0 aliphatic carbocycles.